The molecule has 1 aliphatic heterocycles. The van der Waals surface area contributed by atoms with Crippen molar-refractivity contribution >= 4 is 11.6 Å². The minimum Gasteiger partial charge on any atom is -0.366 e. The minimum atomic E-state index is 0.108. The summed E-state index contributed by atoms with van der Waals surface area (Å²) >= 11 is 0. The Hall–Kier alpha value is -2.09. The average molecular weight is 230 g/mol. The standard InChI is InChI=1S/C12H14N4O/c1-10(17)15-5-7-16(8-6-15)12-3-2-4-14-11(12)9-13/h2-4H,5-8H2,1H3. The first kappa shape index (κ1) is 11.4. The van der Waals surface area contributed by atoms with Gasteiger partial charge in [0, 0.05) is 39.3 Å². The lowest BCUT2D eigenvalue weighted by atomic mass is 10.2. The van der Waals surface area contributed by atoms with Gasteiger partial charge in [0.2, 0.25) is 5.91 Å². The maximum atomic E-state index is 11.2. The summed E-state index contributed by atoms with van der Waals surface area (Å²) in [6.07, 6.45) is 1.62. The van der Waals surface area contributed by atoms with Crippen LogP contribution in [-0.2, 0) is 4.79 Å². The van der Waals surface area contributed by atoms with Crippen molar-refractivity contribution in [3.8, 4) is 6.07 Å². The van der Waals surface area contributed by atoms with Crippen LogP contribution < -0.4 is 4.90 Å². The van der Waals surface area contributed by atoms with E-state index in [-0.39, 0.29) is 5.91 Å². The highest BCUT2D eigenvalue weighted by Gasteiger charge is 2.20. The van der Waals surface area contributed by atoms with Gasteiger partial charge in [0.1, 0.15) is 6.07 Å². The predicted molar refractivity (Wildman–Crippen MR) is 63.4 cm³/mol. The summed E-state index contributed by atoms with van der Waals surface area (Å²) in [4.78, 5) is 19.2. The monoisotopic (exact) mass is 230 g/mol. The molecule has 0 bridgehead atoms. The number of hydrogen-bond donors (Lipinski definition) is 0. The molecular weight excluding hydrogens is 216 g/mol. The fraction of sp³-hybridized carbons (Fsp3) is 0.417. The van der Waals surface area contributed by atoms with E-state index >= 15 is 0 Å². The van der Waals surface area contributed by atoms with Crippen molar-refractivity contribution in [1.29, 1.82) is 5.26 Å². The highest BCUT2D eigenvalue weighted by atomic mass is 16.2. The van der Waals surface area contributed by atoms with Crippen LogP contribution in [0.1, 0.15) is 12.6 Å². The maximum Gasteiger partial charge on any atom is 0.219 e. The van der Waals surface area contributed by atoms with E-state index in [0.717, 1.165) is 18.8 Å². The molecule has 5 nitrogen and oxygen atoms in total. The zero-order valence-electron chi connectivity index (χ0n) is 9.76. The smallest absolute Gasteiger partial charge is 0.219 e. The molecule has 0 aliphatic carbocycles. The number of anilines is 1. The molecular formula is C12H14N4O. The number of piperazine rings is 1. The molecule has 5 heteroatoms. The molecule has 1 saturated heterocycles. The van der Waals surface area contributed by atoms with E-state index < -0.39 is 0 Å². The van der Waals surface area contributed by atoms with Gasteiger partial charge in [0.15, 0.2) is 5.69 Å². The third-order valence-corrected chi connectivity index (χ3v) is 2.96. The molecule has 1 aliphatic rings. The van der Waals surface area contributed by atoms with E-state index in [2.05, 4.69) is 16.0 Å². The van der Waals surface area contributed by atoms with E-state index in [9.17, 15) is 4.79 Å². The van der Waals surface area contributed by atoms with Crippen LogP contribution in [-0.4, -0.2) is 42.0 Å². The Balaban J connectivity index is 2.11. The van der Waals surface area contributed by atoms with Crippen LogP contribution in [0.3, 0.4) is 0 Å². The molecule has 0 unspecified atom stereocenters. The van der Waals surface area contributed by atoms with Crippen LogP contribution >= 0.6 is 0 Å². The Kier molecular flexibility index (Phi) is 3.24. The quantitative estimate of drug-likeness (QED) is 0.709. The summed E-state index contributed by atoms with van der Waals surface area (Å²) < 4.78 is 0. The van der Waals surface area contributed by atoms with Gasteiger partial charge in [-0.25, -0.2) is 4.98 Å². The van der Waals surface area contributed by atoms with Gasteiger partial charge in [-0.15, -0.1) is 0 Å². The molecule has 0 atom stereocenters. The first-order valence-corrected chi connectivity index (χ1v) is 5.58. The summed E-state index contributed by atoms with van der Waals surface area (Å²) in [6, 6.07) is 5.82. The predicted octanol–water partition coefficient (Wildman–Crippen LogP) is 0.622. The third-order valence-electron chi connectivity index (χ3n) is 2.96. The van der Waals surface area contributed by atoms with Crippen LogP contribution in [0.4, 0.5) is 5.69 Å². The van der Waals surface area contributed by atoms with Crippen LogP contribution in [0.2, 0.25) is 0 Å². The molecule has 2 rings (SSSR count). The second-order valence-electron chi connectivity index (χ2n) is 3.98. The number of hydrogen-bond acceptors (Lipinski definition) is 4. The summed E-state index contributed by atoms with van der Waals surface area (Å²) in [5.74, 6) is 0.108. The third kappa shape index (κ3) is 2.36. The summed E-state index contributed by atoms with van der Waals surface area (Å²) in [5, 5.41) is 8.99. The van der Waals surface area contributed by atoms with Gasteiger partial charge in [-0.3, -0.25) is 4.79 Å². The SMILES string of the molecule is CC(=O)N1CCN(c2cccnc2C#N)CC1. The van der Waals surface area contributed by atoms with Crippen LogP contribution in [0.15, 0.2) is 18.3 Å². The highest BCUT2D eigenvalue weighted by Crippen LogP contribution is 2.19. The number of rotatable bonds is 1. The molecule has 0 spiro atoms. The van der Waals surface area contributed by atoms with Gasteiger partial charge >= 0.3 is 0 Å². The Bertz CT molecular complexity index is 458. The van der Waals surface area contributed by atoms with Crippen molar-refractivity contribution in [3.63, 3.8) is 0 Å². The normalized spacial score (nSPS) is 15.5. The Morgan fingerprint density at radius 2 is 2.12 bits per heavy atom. The van der Waals surface area contributed by atoms with Crippen molar-refractivity contribution < 1.29 is 4.79 Å². The fourth-order valence-corrected chi connectivity index (χ4v) is 2.00. The number of nitriles is 1. The lowest BCUT2D eigenvalue weighted by Gasteiger charge is -2.35. The number of carbonyl (C=O) groups is 1. The lowest BCUT2D eigenvalue weighted by molar-refractivity contribution is -0.129. The van der Waals surface area contributed by atoms with Crippen molar-refractivity contribution in [3.05, 3.63) is 24.0 Å². The van der Waals surface area contributed by atoms with Gasteiger partial charge in [0.05, 0.1) is 5.69 Å². The van der Waals surface area contributed by atoms with Crippen molar-refractivity contribution in [2.24, 2.45) is 0 Å². The summed E-state index contributed by atoms with van der Waals surface area (Å²) in [7, 11) is 0. The van der Waals surface area contributed by atoms with Crippen LogP contribution in [0.25, 0.3) is 0 Å². The first-order chi connectivity index (χ1) is 8.22. The summed E-state index contributed by atoms with van der Waals surface area (Å²) in [5.41, 5.74) is 1.31. The zero-order chi connectivity index (χ0) is 12.3. The molecule has 1 fully saturated rings. The van der Waals surface area contributed by atoms with Crippen molar-refractivity contribution in [2.75, 3.05) is 31.1 Å². The van der Waals surface area contributed by atoms with E-state index in [4.69, 9.17) is 5.26 Å². The number of carbonyl (C=O) groups excluding carboxylic acids is 1. The Labute approximate surface area is 100 Å². The largest absolute Gasteiger partial charge is 0.366 e. The van der Waals surface area contributed by atoms with Crippen molar-refractivity contribution in [2.45, 2.75) is 6.92 Å². The number of pyridine rings is 1. The number of amides is 1. The molecule has 1 amide bonds. The molecule has 2 heterocycles. The molecule has 0 N–H and O–H groups in total. The highest BCUT2D eigenvalue weighted by molar-refractivity contribution is 5.73. The maximum absolute atomic E-state index is 11.2. The number of nitrogens with zero attached hydrogens (tertiary/aromatic N) is 4. The Morgan fingerprint density at radius 1 is 1.41 bits per heavy atom. The zero-order valence-corrected chi connectivity index (χ0v) is 9.76. The fourth-order valence-electron chi connectivity index (χ4n) is 2.00. The van der Waals surface area contributed by atoms with E-state index in [0.29, 0.717) is 18.8 Å². The molecule has 0 radical (unpaired) electrons. The van der Waals surface area contributed by atoms with Gasteiger partial charge in [-0.2, -0.15) is 5.26 Å². The summed E-state index contributed by atoms with van der Waals surface area (Å²) in [6.45, 7) is 4.49. The Morgan fingerprint density at radius 3 is 2.71 bits per heavy atom. The topological polar surface area (TPSA) is 60.2 Å². The second-order valence-corrected chi connectivity index (χ2v) is 3.98. The van der Waals surface area contributed by atoms with E-state index in [1.165, 1.54) is 0 Å². The molecule has 0 aromatic carbocycles. The molecule has 17 heavy (non-hydrogen) atoms. The molecule has 1 aromatic rings. The molecule has 1 aromatic heterocycles. The molecule has 0 saturated carbocycles. The lowest BCUT2D eigenvalue weighted by Crippen LogP contribution is -2.48. The van der Waals surface area contributed by atoms with E-state index in [1.807, 2.05) is 17.0 Å². The van der Waals surface area contributed by atoms with Gasteiger partial charge < -0.3 is 9.80 Å². The van der Waals surface area contributed by atoms with Crippen molar-refractivity contribution in [1.82, 2.24) is 9.88 Å². The van der Waals surface area contributed by atoms with Crippen LogP contribution in [0, 0.1) is 11.3 Å². The number of aromatic nitrogens is 1. The van der Waals surface area contributed by atoms with Crippen LogP contribution in [0.5, 0.6) is 0 Å². The van der Waals surface area contributed by atoms with Gasteiger partial charge in [-0.1, -0.05) is 0 Å². The van der Waals surface area contributed by atoms with Gasteiger partial charge in [-0.05, 0) is 12.1 Å². The minimum absolute atomic E-state index is 0.108. The first-order valence-electron chi connectivity index (χ1n) is 5.58. The molecule has 88 valence electrons. The average Bonchev–Trinajstić information content (AvgIpc) is 2.39. The van der Waals surface area contributed by atoms with Gasteiger partial charge in [0.25, 0.3) is 0 Å². The van der Waals surface area contributed by atoms with E-state index in [1.54, 1.807) is 13.1 Å². The second kappa shape index (κ2) is 4.83.